The van der Waals surface area contributed by atoms with Crippen molar-refractivity contribution in [3.8, 4) is 0 Å². The maximum Gasteiger partial charge on any atom is 0.407 e. The summed E-state index contributed by atoms with van der Waals surface area (Å²) < 4.78 is 16.5. The number of amides is 1. The quantitative estimate of drug-likeness (QED) is 0.495. The Morgan fingerprint density at radius 2 is 2.00 bits per heavy atom. The molecule has 7 heteroatoms. The third kappa shape index (κ3) is 7.72. The van der Waals surface area contributed by atoms with Gasteiger partial charge in [0.1, 0.15) is 12.2 Å². The lowest BCUT2D eigenvalue weighted by Crippen LogP contribution is -2.57. The van der Waals surface area contributed by atoms with Gasteiger partial charge in [0.15, 0.2) is 0 Å². The monoisotopic (exact) mass is 382 g/mol. The smallest absolute Gasteiger partial charge is 0.407 e. The summed E-state index contributed by atoms with van der Waals surface area (Å²) in [6.45, 7) is 13.1. The molecular formula is C20H34N2O5. The molecule has 0 aliphatic heterocycles. The summed E-state index contributed by atoms with van der Waals surface area (Å²) in [5, 5.41) is 2.77. The standard InChI is InChI=1S/C20H34N2O5/c1-7-10-25-18(23)13-11-15(22-19(24)27-20(4,5)6)17(21)16(12-13)26-14(8-2)9-3/h7,12,14-17H,1,8-11,21H2,2-6H3,(H,22,24). The molecule has 0 saturated carbocycles. The van der Waals surface area contributed by atoms with Gasteiger partial charge in [-0.1, -0.05) is 26.5 Å². The summed E-state index contributed by atoms with van der Waals surface area (Å²) in [7, 11) is 0. The first-order valence-electron chi connectivity index (χ1n) is 9.50. The number of carbonyl (C=O) groups is 2. The molecule has 0 saturated heterocycles. The molecule has 0 radical (unpaired) electrons. The van der Waals surface area contributed by atoms with Crippen LogP contribution in [0.2, 0.25) is 0 Å². The summed E-state index contributed by atoms with van der Waals surface area (Å²) >= 11 is 0. The summed E-state index contributed by atoms with van der Waals surface area (Å²) in [4.78, 5) is 24.5. The number of nitrogens with one attached hydrogen (secondary N) is 1. The number of nitrogens with two attached hydrogens (primary N) is 1. The van der Waals surface area contributed by atoms with Crippen molar-refractivity contribution >= 4 is 12.1 Å². The van der Waals surface area contributed by atoms with E-state index in [1.807, 2.05) is 13.8 Å². The lowest BCUT2D eigenvalue weighted by molar-refractivity contribution is -0.138. The fourth-order valence-corrected chi connectivity index (χ4v) is 2.80. The Bertz CT molecular complexity index is 549. The molecular weight excluding hydrogens is 348 g/mol. The van der Waals surface area contributed by atoms with Gasteiger partial charge in [-0.15, -0.1) is 0 Å². The number of hydrogen-bond donors (Lipinski definition) is 2. The van der Waals surface area contributed by atoms with Crippen molar-refractivity contribution < 1.29 is 23.8 Å². The first kappa shape index (κ1) is 23.2. The summed E-state index contributed by atoms with van der Waals surface area (Å²) in [6.07, 6.45) is 4.05. The van der Waals surface area contributed by atoms with Crippen LogP contribution in [0, 0.1) is 0 Å². The Balaban J connectivity index is 2.97. The van der Waals surface area contributed by atoms with Crippen LogP contribution in [0.1, 0.15) is 53.9 Å². The summed E-state index contributed by atoms with van der Waals surface area (Å²) in [5.74, 6) is -0.462. The van der Waals surface area contributed by atoms with E-state index in [-0.39, 0.29) is 19.1 Å². The van der Waals surface area contributed by atoms with Gasteiger partial charge in [-0.2, -0.15) is 0 Å². The second-order valence-corrected chi connectivity index (χ2v) is 7.65. The van der Waals surface area contributed by atoms with Crippen molar-refractivity contribution in [1.82, 2.24) is 5.32 Å². The van der Waals surface area contributed by atoms with Gasteiger partial charge in [0.25, 0.3) is 0 Å². The molecule has 0 bridgehead atoms. The molecule has 1 amide bonds. The molecule has 0 fully saturated rings. The van der Waals surface area contributed by atoms with E-state index in [4.69, 9.17) is 19.9 Å². The first-order valence-corrected chi connectivity index (χ1v) is 9.50. The molecule has 27 heavy (non-hydrogen) atoms. The lowest BCUT2D eigenvalue weighted by Gasteiger charge is -2.36. The average Bonchev–Trinajstić information content (AvgIpc) is 2.58. The molecule has 3 N–H and O–H groups in total. The Kier molecular flexibility index (Phi) is 8.99. The normalized spacial score (nSPS) is 22.8. The highest BCUT2D eigenvalue weighted by atomic mass is 16.6. The van der Waals surface area contributed by atoms with E-state index in [1.165, 1.54) is 6.08 Å². The van der Waals surface area contributed by atoms with Crippen LogP contribution in [-0.2, 0) is 19.0 Å². The maximum atomic E-state index is 12.3. The second kappa shape index (κ2) is 10.5. The second-order valence-electron chi connectivity index (χ2n) is 7.65. The summed E-state index contributed by atoms with van der Waals surface area (Å²) in [6, 6.07) is -1.01. The summed E-state index contributed by atoms with van der Waals surface area (Å²) in [5.41, 5.74) is 6.14. The van der Waals surface area contributed by atoms with E-state index < -0.39 is 35.9 Å². The zero-order valence-corrected chi connectivity index (χ0v) is 17.1. The molecule has 3 unspecified atom stereocenters. The highest BCUT2D eigenvalue weighted by Gasteiger charge is 2.36. The van der Waals surface area contributed by atoms with E-state index in [2.05, 4.69) is 11.9 Å². The van der Waals surface area contributed by atoms with Crippen molar-refractivity contribution in [3.05, 3.63) is 24.3 Å². The van der Waals surface area contributed by atoms with Crippen LogP contribution in [0.15, 0.2) is 24.3 Å². The molecule has 1 rings (SSSR count). The van der Waals surface area contributed by atoms with Gasteiger partial charge < -0.3 is 25.3 Å². The number of ether oxygens (including phenoxy) is 3. The van der Waals surface area contributed by atoms with Crippen molar-refractivity contribution in [1.29, 1.82) is 0 Å². The fraction of sp³-hybridized carbons (Fsp3) is 0.700. The van der Waals surface area contributed by atoms with Crippen molar-refractivity contribution in [3.63, 3.8) is 0 Å². The Labute approximate surface area is 162 Å². The minimum absolute atomic E-state index is 0.0167. The Morgan fingerprint density at radius 3 is 2.52 bits per heavy atom. The van der Waals surface area contributed by atoms with Crippen molar-refractivity contribution in [2.24, 2.45) is 5.73 Å². The van der Waals surface area contributed by atoms with Crippen LogP contribution < -0.4 is 11.1 Å². The Morgan fingerprint density at radius 1 is 1.37 bits per heavy atom. The van der Waals surface area contributed by atoms with Crippen molar-refractivity contribution in [2.75, 3.05) is 6.61 Å². The topological polar surface area (TPSA) is 99.9 Å². The molecule has 154 valence electrons. The third-order valence-corrected chi connectivity index (χ3v) is 4.21. The van der Waals surface area contributed by atoms with Crippen LogP contribution >= 0.6 is 0 Å². The van der Waals surface area contributed by atoms with Crippen molar-refractivity contribution in [2.45, 2.75) is 83.8 Å². The zero-order chi connectivity index (χ0) is 20.6. The van der Waals surface area contributed by atoms with E-state index in [1.54, 1.807) is 26.8 Å². The average molecular weight is 383 g/mol. The van der Waals surface area contributed by atoms with Gasteiger partial charge in [-0.25, -0.2) is 9.59 Å². The fourth-order valence-electron chi connectivity index (χ4n) is 2.80. The van der Waals surface area contributed by atoms with Gasteiger partial charge >= 0.3 is 12.1 Å². The molecule has 1 aliphatic rings. The molecule has 3 atom stereocenters. The zero-order valence-electron chi connectivity index (χ0n) is 17.1. The van der Waals surface area contributed by atoms with Crippen LogP contribution in [0.4, 0.5) is 4.79 Å². The number of alkyl carbamates (subject to hydrolysis) is 1. The molecule has 7 nitrogen and oxygen atoms in total. The molecule has 0 spiro atoms. The maximum absolute atomic E-state index is 12.3. The predicted octanol–water partition coefficient (Wildman–Crippen LogP) is 2.84. The van der Waals surface area contributed by atoms with Crippen LogP contribution in [0.5, 0.6) is 0 Å². The van der Waals surface area contributed by atoms with Crippen LogP contribution in [0.25, 0.3) is 0 Å². The minimum Gasteiger partial charge on any atom is -0.458 e. The third-order valence-electron chi connectivity index (χ3n) is 4.21. The molecule has 0 aromatic carbocycles. The van der Waals surface area contributed by atoms with Gasteiger partial charge in [0.2, 0.25) is 0 Å². The lowest BCUT2D eigenvalue weighted by atomic mass is 9.88. The van der Waals surface area contributed by atoms with Gasteiger partial charge in [0.05, 0.1) is 24.3 Å². The largest absolute Gasteiger partial charge is 0.458 e. The first-order chi connectivity index (χ1) is 12.6. The number of carbonyl (C=O) groups excluding carboxylic acids is 2. The minimum atomic E-state index is -0.629. The molecule has 0 heterocycles. The molecule has 0 aromatic rings. The van der Waals surface area contributed by atoms with Gasteiger partial charge in [-0.3, -0.25) is 0 Å². The van der Waals surface area contributed by atoms with E-state index in [9.17, 15) is 9.59 Å². The molecule has 0 aromatic heterocycles. The number of esters is 1. The van der Waals surface area contributed by atoms with Crippen LogP contribution in [-0.4, -0.2) is 48.6 Å². The van der Waals surface area contributed by atoms with Gasteiger partial charge in [-0.05, 0) is 39.7 Å². The molecule has 1 aliphatic carbocycles. The van der Waals surface area contributed by atoms with E-state index in [0.717, 1.165) is 12.8 Å². The van der Waals surface area contributed by atoms with Gasteiger partial charge in [0, 0.05) is 12.0 Å². The highest BCUT2D eigenvalue weighted by molar-refractivity contribution is 5.89. The van der Waals surface area contributed by atoms with Crippen LogP contribution in [0.3, 0.4) is 0 Å². The highest BCUT2D eigenvalue weighted by Crippen LogP contribution is 2.24. The van der Waals surface area contributed by atoms with E-state index in [0.29, 0.717) is 5.57 Å². The Hall–Kier alpha value is -1.86. The SMILES string of the molecule is C=CCOC(=O)C1=CC(OC(CC)CC)C(N)C(NC(=O)OC(C)(C)C)C1. The number of hydrogen-bond acceptors (Lipinski definition) is 6. The predicted molar refractivity (Wildman–Crippen MR) is 104 cm³/mol. The number of rotatable bonds is 8. The van der Waals surface area contributed by atoms with E-state index >= 15 is 0 Å².